The first kappa shape index (κ1) is 7.71. The predicted molar refractivity (Wildman–Crippen MR) is 59.3 cm³/mol. The molecule has 0 unspecified atom stereocenters. The van der Waals surface area contributed by atoms with Gasteiger partial charge in [0.15, 0.2) is 0 Å². The lowest BCUT2D eigenvalue weighted by atomic mass is 10.3. The van der Waals surface area contributed by atoms with Crippen molar-refractivity contribution >= 4 is 56.2 Å². The second-order valence-corrected chi connectivity index (χ2v) is 4.49. The fourth-order valence-corrected chi connectivity index (χ4v) is 2.81. The summed E-state index contributed by atoms with van der Waals surface area (Å²) in [7, 11) is 0. The zero-order valence-corrected chi connectivity index (χ0v) is 9.62. The Bertz CT molecular complexity index is 396. The van der Waals surface area contributed by atoms with Crippen LogP contribution in [0.4, 0.5) is 0 Å². The molecule has 56 valence electrons. The summed E-state index contributed by atoms with van der Waals surface area (Å²) in [6.07, 6.45) is 0. The third kappa shape index (κ3) is 1.35. The van der Waals surface area contributed by atoms with E-state index in [-0.39, 0.29) is 0 Å². The van der Waals surface area contributed by atoms with Gasteiger partial charge in [0, 0.05) is 7.14 Å². The van der Waals surface area contributed by atoms with Gasteiger partial charge in [-0.2, -0.15) is 15.4 Å². The molecular formula is C6H3I2N3. The second-order valence-electron chi connectivity index (χ2n) is 2.08. The van der Waals surface area contributed by atoms with Crippen LogP contribution in [0.5, 0.6) is 0 Å². The van der Waals surface area contributed by atoms with Crippen LogP contribution in [0.3, 0.4) is 0 Å². The number of nitrogens with one attached hydrogen (secondary N) is 1. The molecule has 0 atom stereocenters. The molecule has 1 heterocycles. The van der Waals surface area contributed by atoms with Crippen molar-refractivity contribution in [2.45, 2.75) is 0 Å². The number of hydrogen-bond acceptors (Lipinski definition) is 2. The van der Waals surface area contributed by atoms with E-state index in [2.05, 4.69) is 66.7 Å². The largest absolute Gasteiger partial charge is 0.197 e. The minimum Gasteiger partial charge on any atom is -0.197 e. The standard InChI is InChI=1S/C6H3I2N3/c7-3-1-4(8)6-5(2-3)9-11-10-6/h1-2H,(H,9,10,11). The lowest BCUT2D eigenvalue weighted by Crippen LogP contribution is -1.78. The van der Waals surface area contributed by atoms with E-state index in [9.17, 15) is 0 Å². The summed E-state index contributed by atoms with van der Waals surface area (Å²) in [5.41, 5.74) is 1.88. The Labute approximate surface area is 90.2 Å². The number of aromatic amines is 1. The molecule has 0 aliphatic rings. The van der Waals surface area contributed by atoms with Crippen LogP contribution in [-0.4, -0.2) is 15.4 Å². The van der Waals surface area contributed by atoms with E-state index in [1.807, 2.05) is 6.07 Å². The third-order valence-electron chi connectivity index (χ3n) is 1.34. The lowest BCUT2D eigenvalue weighted by Gasteiger charge is -1.91. The van der Waals surface area contributed by atoms with E-state index >= 15 is 0 Å². The second kappa shape index (κ2) is 2.85. The first-order valence-electron chi connectivity index (χ1n) is 2.93. The van der Waals surface area contributed by atoms with E-state index in [1.54, 1.807) is 0 Å². The normalized spacial score (nSPS) is 10.7. The molecule has 1 aromatic heterocycles. The fraction of sp³-hybridized carbons (Fsp3) is 0. The summed E-state index contributed by atoms with van der Waals surface area (Å²) in [5.74, 6) is 0. The van der Waals surface area contributed by atoms with Crippen molar-refractivity contribution in [2.75, 3.05) is 0 Å². The molecule has 0 bridgehead atoms. The van der Waals surface area contributed by atoms with E-state index in [0.29, 0.717) is 0 Å². The zero-order valence-electron chi connectivity index (χ0n) is 5.31. The minimum absolute atomic E-state index is 0.932. The van der Waals surface area contributed by atoms with Gasteiger partial charge in [0.05, 0.1) is 0 Å². The molecule has 0 aliphatic heterocycles. The van der Waals surface area contributed by atoms with Gasteiger partial charge >= 0.3 is 0 Å². The molecular weight excluding hydrogens is 368 g/mol. The summed E-state index contributed by atoms with van der Waals surface area (Å²) < 4.78 is 2.33. The molecule has 0 fully saturated rings. The van der Waals surface area contributed by atoms with Crippen molar-refractivity contribution < 1.29 is 0 Å². The number of halogens is 2. The number of hydrogen-bond donors (Lipinski definition) is 1. The molecule has 0 aliphatic carbocycles. The van der Waals surface area contributed by atoms with E-state index in [1.165, 1.54) is 3.57 Å². The topological polar surface area (TPSA) is 41.6 Å². The van der Waals surface area contributed by atoms with Crippen molar-refractivity contribution in [3.8, 4) is 0 Å². The molecule has 1 aromatic carbocycles. The molecule has 3 nitrogen and oxygen atoms in total. The smallest absolute Gasteiger partial charge is 0.126 e. The van der Waals surface area contributed by atoms with Gasteiger partial charge in [-0.15, -0.1) is 0 Å². The Morgan fingerprint density at radius 3 is 2.82 bits per heavy atom. The number of rotatable bonds is 0. The monoisotopic (exact) mass is 371 g/mol. The van der Waals surface area contributed by atoms with Gasteiger partial charge in [0.2, 0.25) is 0 Å². The number of fused-ring (bicyclic) bond motifs is 1. The number of nitrogens with zero attached hydrogens (tertiary/aromatic N) is 2. The maximum atomic E-state index is 4.01. The van der Waals surface area contributed by atoms with Crippen LogP contribution in [-0.2, 0) is 0 Å². The van der Waals surface area contributed by atoms with Crippen LogP contribution in [0, 0.1) is 7.14 Å². The average Bonchev–Trinajstić information content (AvgIpc) is 2.34. The summed E-state index contributed by atoms with van der Waals surface area (Å²) in [6, 6.07) is 4.08. The quantitative estimate of drug-likeness (QED) is 0.722. The summed E-state index contributed by atoms with van der Waals surface area (Å²) in [6.45, 7) is 0. The van der Waals surface area contributed by atoms with Crippen LogP contribution in [0.1, 0.15) is 0 Å². The van der Waals surface area contributed by atoms with Crippen LogP contribution >= 0.6 is 45.2 Å². The Kier molecular flexibility index (Phi) is 2.00. The van der Waals surface area contributed by atoms with Crippen LogP contribution in [0.25, 0.3) is 11.0 Å². The van der Waals surface area contributed by atoms with Crippen molar-refractivity contribution in [3.05, 3.63) is 19.3 Å². The molecule has 0 spiro atoms. The molecule has 2 aromatic rings. The Balaban J connectivity index is 2.91. The van der Waals surface area contributed by atoms with Gasteiger partial charge < -0.3 is 0 Å². The Morgan fingerprint density at radius 2 is 2.00 bits per heavy atom. The minimum atomic E-state index is 0.932. The van der Waals surface area contributed by atoms with E-state index in [4.69, 9.17) is 0 Å². The SMILES string of the molecule is Ic1cc(I)c2n[nH]nc2c1. The molecule has 0 amide bonds. The van der Waals surface area contributed by atoms with E-state index in [0.717, 1.165) is 14.6 Å². The molecule has 0 saturated heterocycles. The summed E-state index contributed by atoms with van der Waals surface area (Å²) in [4.78, 5) is 0. The first-order valence-corrected chi connectivity index (χ1v) is 5.08. The molecule has 11 heavy (non-hydrogen) atoms. The van der Waals surface area contributed by atoms with Gasteiger partial charge in [-0.25, -0.2) is 0 Å². The highest BCUT2D eigenvalue weighted by molar-refractivity contribution is 14.1. The molecule has 1 N–H and O–H groups in total. The summed E-state index contributed by atoms with van der Waals surface area (Å²) in [5, 5.41) is 10.6. The number of aromatic nitrogens is 3. The van der Waals surface area contributed by atoms with E-state index < -0.39 is 0 Å². The van der Waals surface area contributed by atoms with Crippen LogP contribution in [0.15, 0.2) is 12.1 Å². The number of H-pyrrole nitrogens is 1. The first-order chi connectivity index (χ1) is 5.27. The third-order valence-corrected chi connectivity index (χ3v) is 2.79. The van der Waals surface area contributed by atoms with Gasteiger partial charge in [-0.05, 0) is 57.3 Å². The maximum Gasteiger partial charge on any atom is 0.126 e. The van der Waals surface area contributed by atoms with Crippen LogP contribution < -0.4 is 0 Å². The van der Waals surface area contributed by atoms with Crippen molar-refractivity contribution in [3.63, 3.8) is 0 Å². The number of benzene rings is 1. The maximum absolute atomic E-state index is 4.01. The predicted octanol–water partition coefficient (Wildman–Crippen LogP) is 2.17. The van der Waals surface area contributed by atoms with Crippen molar-refractivity contribution in [1.29, 1.82) is 0 Å². The molecule has 5 heteroatoms. The molecule has 2 rings (SSSR count). The highest BCUT2D eigenvalue weighted by Crippen LogP contribution is 2.19. The van der Waals surface area contributed by atoms with Gasteiger partial charge in [-0.3, -0.25) is 0 Å². The zero-order chi connectivity index (χ0) is 7.84. The Hall–Kier alpha value is 0.0800. The fourth-order valence-electron chi connectivity index (χ4n) is 0.877. The van der Waals surface area contributed by atoms with Gasteiger partial charge in [0.25, 0.3) is 0 Å². The average molecular weight is 371 g/mol. The van der Waals surface area contributed by atoms with Gasteiger partial charge in [0.1, 0.15) is 11.0 Å². The highest BCUT2D eigenvalue weighted by atomic mass is 127. The Morgan fingerprint density at radius 1 is 1.18 bits per heavy atom. The highest BCUT2D eigenvalue weighted by Gasteiger charge is 2.02. The molecule has 0 saturated carbocycles. The van der Waals surface area contributed by atoms with Crippen molar-refractivity contribution in [1.82, 2.24) is 15.4 Å². The lowest BCUT2D eigenvalue weighted by molar-refractivity contribution is 0.959. The molecule has 0 radical (unpaired) electrons. The van der Waals surface area contributed by atoms with Crippen LogP contribution in [0.2, 0.25) is 0 Å². The van der Waals surface area contributed by atoms with Crippen molar-refractivity contribution in [2.24, 2.45) is 0 Å². The summed E-state index contributed by atoms with van der Waals surface area (Å²) >= 11 is 4.52. The van der Waals surface area contributed by atoms with Gasteiger partial charge in [-0.1, -0.05) is 0 Å².